The maximum Gasteiger partial charge on any atom is 0.284 e. The van der Waals surface area contributed by atoms with Crippen LogP contribution in [0.25, 0.3) is 0 Å². The molecule has 3 nitrogen and oxygen atoms in total. The zero-order valence-corrected chi connectivity index (χ0v) is 8.05. The second kappa shape index (κ2) is 4.32. The molecule has 14 heavy (non-hydrogen) atoms. The van der Waals surface area contributed by atoms with Gasteiger partial charge in [0.25, 0.3) is 6.43 Å². The largest absolute Gasteiger partial charge is 0.494 e. The molecule has 0 atom stereocenters. The van der Waals surface area contributed by atoms with Gasteiger partial charge in [-0.1, -0.05) is 0 Å². The molecule has 0 saturated heterocycles. The number of ether oxygens (including phenoxy) is 1. The summed E-state index contributed by atoms with van der Waals surface area (Å²) in [4.78, 5) is 3.63. The van der Waals surface area contributed by atoms with Crippen molar-refractivity contribution in [2.75, 3.05) is 7.11 Å². The van der Waals surface area contributed by atoms with Crippen molar-refractivity contribution < 1.29 is 13.5 Å². The molecule has 0 aliphatic heterocycles. The zero-order valence-electron chi connectivity index (χ0n) is 8.05. The van der Waals surface area contributed by atoms with Gasteiger partial charge in [-0.3, -0.25) is 4.98 Å². The average Bonchev–Trinajstić information content (AvgIpc) is 2.17. The summed E-state index contributed by atoms with van der Waals surface area (Å²) < 4.78 is 29.8. The lowest BCUT2D eigenvalue weighted by Gasteiger charge is -2.12. The van der Waals surface area contributed by atoms with Gasteiger partial charge < -0.3 is 10.5 Å². The first-order valence-electron chi connectivity index (χ1n) is 4.12. The van der Waals surface area contributed by atoms with Crippen molar-refractivity contribution in [1.82, 2.24) is 4.98 Å². The average molecular weight is 202 g/mol. The Bertz CT molecular complexity index is 329. The molecule has 0 bridgehead atoms. The number of pyridine rings is 1. The molecule has 0 saturated carbocycles. The summed E-state index contributed by atoms with van der Waals surface area (Å²) in [5.41, 5.74) is 6.43. The molecule has 1 heterocycles. The number of halogens is 2. The van der Waals surface area contributed by atoms with Crippen molar-refractivity contribution in [2.45, 2.75) is 19.9 Å². The quantitative estimate of drug-likeness (QED) is 0.812. The lowest BCUT2D eigenvalue weighted by atomic mass is 10.1. The van der Waals surface area contributed by atoms with Gasteiger partial charge in [0, 0.05) is 12.7 Å². The Morgan fingerprint density at radius 1 is 1.57 bits per heavy atom. The van der Waals surface area contributed by atoms with Crippen LogP contribution in [0.15, 0.2) is 6.20 Å². The standard InChI is InChI=1S/C9H12F2N2O/c1-5-6(3-12)4-13-7(9(10)11)8(5)14-2/h4,9H,3,12H2,1-2H3. The van der Waals surface area contributed by atoms with E-state index in [2.05, 4.69) is 4.98 Å². The van der Waals surface area contributed by atoms with Crippen molar-refractivity contribution >= 4 is 0 Å². The molecule has 0 amide bonds. The fraction of sp³-hybridized carbons (Fsp3) is 0.444. The van der Waals surface area contributed by atoms with Crippen molar-refractivity contribution in [1.29, 1.82) is 0 Å². The molecule has 1 rings (SSSR count). The fourth-order valence-corrected chi connectivity index (χ4v) is 1.26. The van der Waals surface area contributed by atoms with E-state index in [4.69, 9.17) is 10.5 Å². The summed E-state index contributed by atoms with van der Waals surface area (Å²) in [5, 5.41) is 0. The molecule has 1 aromatic heterocycles. The van der Waals surface area contributed by atoms with Crippen LogP contribution in [-0.2, 0) is 6.54 Å². The van der Waals surface area contributed by atoms with E-state index in [1.807, 2.05) is 0 Å². The lowest BCUT2D eigenvalue weighted by Crippen LogP contribution is -2.05. The molecule has 2 N–H and O–H groups in total. The van der Waals surface area contributed by atoms with E-state index >= 15 is 0 Å². The maximum absolute atomic E-state index is 12.5. The molecule has 0 fully saturated rings. The van der Waals surface area contributed by atoms with Gasteiger partial charge in [0.05, 0.1) is 7.11 Å². The smallest absolute Gasteiger partial charge is 0.284 e. The SMILES string of the molecule is COc1c(C(F)F)ncc(CN)c1C. The van der Waals surface area contributed by atoms with Crippen LogP contribution in [0.2, 0.25) is 0 Å². The van der Waals surface area contributed by atoms with Crippen molar-refractivity contribution in [3.63, 3.8) is 0 Å². The Hall–Kier alpha value is -1.23. The van der Waals surface area contributed by atoms with E-state index < -0.39 is 6.43 Å². The summed E-state index contributed by atoms with van der Waals surface area (Å²) in [6, 6.07) is 0. The van der Waals surface area contributed by atoms with Gasteiger partial charge in [0.15, 0.2) is 0 Å². The Kier molecular flexibility index (Phi) is 3.35. The molecule has 0 unspecified atom stereocenters. The molecule has 1 aromatic rings. The number of hydrogen-bond donors (Lipinski definition) is 1. The molecule has 0 aliphatic rings. The topological polar surface area (TPSA) is 48.1 Å². The van der Waals surface area contributed by atoms with Crippen LogP contribution in [0.1, 0.15) is 23.2 Å². The minimum absolute atomic E-state index is 0.128. The molecular formula is C9H12F2N2O. The summed E-state index contributed by atoms with van der Waals surface area (Å²) >= 11 is 0. The first kappa shape index (κ1) is 10.8. The van der Waals surface area contributed by atoms with Gasteiger partial charge in [-0.2, -0.15) is 0 Å². The summed E-state index contributed by atoms with van der Waals surface area (Å²) in [5.74, 6) is 0.128. The van der Waals surface area contributed by atoms with Crippen LogP contribution >= 0.6 is 0 Å². The van der Waals surface area contributed by atoms with Crippen LogP contribution in [0, 0.1) is 6.92 Å². The van der Waals surface area contributed by atoms with Crippen molar-refractivity contribution in [3.05, 3.63) is 23.0 Å². The number of nitrogens with two attached hydrogens (primary N) is 1. The Morgan fingerprint density at radius 3 is 2.64 bits per heavy atom. The van der Waals surface area contributed by atoms with Gasteiger partial charge in [0.2, 0.25) is 0 Å². The number of aromatic nitrogens is 1. The van der Waals surface area contributed by atoms with Crippen LogP contribution < -0.4 is 10.5 Å². The first-order chi connectivity index (χ1) is 6.61. The number of methoxy groups -OCH3 is 1. The molecule has 78 valence electrons. The number of rotatable bonds is 3. The molecule has 5 heteroatoms. The predicted molar refractivity (Wildman–Crippen MR) is 48.4 cm³/mol. The highest BCUT2D eigenvalue weighted by atomic mass is 19.3. The van der Waals surface area contributed by atoms with E-state index in [9.17, 15) is 8.78 Å². The van der Waals surface area contributed by atoms with Crippen molar-refractivity contribution in [2.24, 2.45) is 5.73 Å². The molecular weight excluding hydrogens is 190 g/mol. The van der Waals surface area contributed by atoms with Crippen molar-refractivity contribution in [3.8, 4) is 5.75 Å². The third kappa shape index (κ3) is 1.82. The van der Waals surface area contributed by atoms with Gasteiger partial charge in [-0.15, -0.1) is 0 Å². The first-order valence-corrected chi connectivity index (χ1v) is 4.12. The van der Waals surface area contributed by atoms with Crippen LogP contribution in [-0.4, -0.2) is 12.1 Å². The normalized spacial score (nSPS) is 10.7. The van der Waals surface area contributed by atoms with Gasteiger partial charge in [-0.25, -0.2) is 8.78 Å². The summed E-state index contributed by atoms with van der Waals surface area (Å²) in [6.07, 6.45) is -1.27. The van der Waals surface area contributed by atoms with Crippen LogP contribution in [0.3, 0.4) is 0 Å². The van der Waals surface area contributed by atoms with Crippen LogP contribution in [0.4, 0.5) is 8.78 Å². The van der Waals surface area contributed by atoms with E-state index in [0.717, 1.165) is 0 Å². The van der Waals surface area contributed by atoms with Gasteiger partial charge in [0.1, 0.15) is 11.4 Å². The molecule has 0 aliphatic carbocycles. The monoisotopic (exact) mass is 202 g/mol. The number of nitrogens with zero attached hydrogens (tertiary/aromatic N) is 1. The highest BCUT2D eigenvalue weighted by Gasteiger charge is 2.18. The zero-order chi connectivity index (χ0) is 10.7. The summed E-state index contributed by atoms with van der Waals surface area (Å²) in [7, 11) is 1.34. The Morgan fingerprint density at radius 2 is 2.21 bits per heavy atom. The second-order valence-electron chi connectivity index (χ2n) is 2.83. The third-order valence-electron chi connectivity index (χ3n) is 2.05. The van der Waals surface area contributed by atoms with Crippen LogP contribution in [0.5, 0.6) is 5.75 Å². The number of hydrogen-bond acceptors (Lipinski definition) is 3. The molecule has 0 radical (unpaired) electrons. The Labute approximate surface area is 80.9 Å². The molecule has 0 spiro atoms. The lowest BCUT2D eigenvalue weighted by molar-refractivity contribution is 0.141. The minimum Gasteiger partial charge on any atom is -0.494 e. The fourth-order valence-electron chi connectivity index (χ4n) is 1.26. The second-order valence-corrected chi connectivity index (χ2v) is 2.83. The van der Waals surface area contributed by atoms with E-state index in [0.29, 0.717) is 11.1 Å². The van der Waals surface area contributed by atoms with E-state index in [1.54, 1.807) is 6.92 Å². The highest BCUT2D eigenvalue weighted by Crippen LogP contribution is 2.31. The Balaban J connectivity index is 3.28. The molecule has 0 aromatic carbocycles. The minimum atomic E-state index is -2.63. The third-order valence-corrected chi connectivity index (χ3v) is 2.05. The maximum atomic E-state index is 12.5. The van der Waals surface area contributed by atoms with E-state index in [1.165, 1.54) is 13.3 Å². The predicted octanol–water partition coefficient (Wildman–Crippen LogP) is 1.79. The number of alkyl halides is 2. The highest BCUT2D eigenvalue weighted by molar-refractivity contribution is 5.41. The van der Waals surface area contributed by atoms with E-state index in [-0.39, 0.29) is 18.0 Å². The summed E-state index contributed by atoms with van der Waals surface area (Å²) in [6.45, 7) is 1.95. The van der Waals surface area contributed by atoms with Gasteiger partial charge >= 0.3 is 0 Å². The van der Waals surface area contributed by atoms with Gasteiger partial charge in [-0.05, 0) is 18.1 Å².